The third-order valence-electron chi connectivity index (χ3n) is 2.66. The standard InChI is InChI=1S/C13H19N3/c1-3-5-12(9-15)16-13-10(2)6-4-7-11(13)8-14/h4,6-7,12,16H,3,5,9,15H2,1-2H3. The molecule has 86 valence electrons. The number of anilines is 1. The highest BCUT2D eigenvalue weighted by atomic mass is 14.9. The molecule has 0 saturated carbocycles. The van der Waals surface area contributed by atoms with Crippen molar-refractivity contribution in [3.8, 4) is 6.07 Å². The quantitative estimate of drug-likeness (QED) is 0.796. The van der Waals surface area contributed by atoms with Crippen LogP contribution in [0, 0.1) is 18.3 Å². The van der Waals surface area contributed by atoms with Gasteiger partial charge < -0.3 is 11.1 Å². The van der Waals surface area contributed by atoms with Gasteiger partial charge in [0.25, 0.3) is 0 Å². The second-order valence-electron chi connectivity index (χ2n) is 3.97. The van der Waals surface area contributed by atoms with E-state index in [0.29, 0.717) is 12.1 Å². The van der Waals surface area contributed by atoms with Gasteiger partial charge in [-0.15, -0.1) is 0 Å². The average Bonchev–Trinajstić information content (AvgIpc) is 2.30. The fourth-order valence-corrected chi connectivity index (χ4v) is 1.75. The first-order chi connectivity index (χ1) is 7.72. The van der Waals surface area contributed by atoms with Crippen LogP contribution >= 0.6 is 0 Å². The Morgan fingerprint density at radius 3 is 2.81 bits per heavy atom. The van der Waals surface area contributed by atoms with E-state index >= 15 is 0 Å². The average molecular weight is 217 g/mol. The Morgan fingerprint density at radius 2 is 2.25 bits per heavy atom. The molecule has 0 aromatic heterocycles. The molecule has 0 heterocycles. The molecule has 3 N–H and O–H groups in total. The van der Waals surface area contributed by atoms with E-state index < -0.39 is 0 Å². The molecule has 1 aromatic rings. The molecule has 1 rings (SSSR count). The summed E-state index contributed by atoms with van der Waals surface area (Å²) in [7, 11) is 0. The van der Waals surface area contributed by atoms with Crippen LogP contribution in [0.15, 0.2) is 18.2 Å². The smallest absolute Gasteiger partial charge is 0.101 e. The second kappa shape index (κ2) is 6.14. The molecule has 0 saturated heterocycles. The van der Waals surface area contributed by atoms with Gasteiger partial charge in [0.05, 0.1) is 11.3 Å². The summed E-state index contributed by atoms with van der Waals surface area (Å²) in [6, 6.07) is 8.18. The van der Waals surface area contributed by atoms with Crippen molar-refractivity contribution < 1.29 is 0 Å². The Morgan fingerprint density at radius 1 is 1.50 bits per heavy atom. The normalized spacial score (nSPS) is 11.9. The summed E-state index contributed by atoms with van der Waals surface area (Å²) in [5, 5.41) is 12.4. The lowest BCUT2D eigenvalue weighted by Gasteiger charge is -2.19. The molecule has 0 amide bonds. The van der Waals surface area contributed by atoms with E-state index in [1.807, 2.05) is 25.1 Å². The number of nitriles is 1. The molecule has 0 spiro atoms. The Hall–Kier alpha value is -1.53. The van der Waals surface area contributed by atoms with Crippen LogP contribution in [0.25, 0.3) is 0 Å². The van der Waals surface area contributed by atoms with Gasteiger partial charge in [0.2, 0.25) is 0 Å². The first-order valence-electron chi connectivity index (χ1n) is 5.69. The minimum atomic E-state index is 0.248. The van der Waals surface area contributed by atoms with Crippen molar-refractivity contribution in [2.75, 3.05) is 11.9 Å². The maximum atomic E-state index is 9.04. The number of aryl methyl sites for hydroxylation is 1. The van der Waals surface area contributed by atoms with Crippen molar-refractivity contribution in [3.63, 3.8) is 0 Å². The minimum Gasteiger partial charge on any atom is -0.380 e. The van der Waals surface area contributed by atoms with E-state index in [1.165, 1.54) is 0 Å². The van der Waals surface area contributed by atoms with Crippen LogP contribution in [0.2, 0.25) is 0 Å². The maximum Gasteiger partial charge on any atom is 0.101 e. The first-order valence-corrected chi connectivity index (χ1v) is 5.69. The highest BCUT2D eigenvalue weighted by molar-refractivity contribution is 5.62. The monoisotopic (exact) mass is 217 g/mol. The second-order valence-corrected chi connectivity index (χ2v) is 3.97. The molecule has 0 aliphatic rings. The van der Waals surface area contributed by atoms with Crippen molar-refractivity contribution in [2.24, 2.45) is 5.73 Å². The molecule has 0 aliphatic carbocycles. The lowest BCUT2D eigenvalue weighted by Crippen LogP contribution is -2.29. The molecule has 16 heavy (non-hydrogen) atoms. The van der Waals surface area contributed by atoms with Gasteiger partial charge in [-0.3, -0.25) is 0 Å². The van der Waals surface area contributed by atoms with Crippen molar-refractivity contribution in [1.82, 2.24) is 0 Å². The van der Waals surface area contributed by atoms with Crippen LogP contribution < -0.4 is 11.1 Å². The van der Waals surface area contributed by atoms with Crippen molar-refractivity contribution in [1.29, 1.82) is 5.26 Å². The van der Waals surface area contributed by atoms with Crippen LogP contribution in [0.3, 0.4) is 0 Å². The SMILES string of the molecule is CCCC(CN)Nc1c(C)cccc1C#N. The van der Waals surface area contributed by atoms with Gasteiger partial charge in [0.1, 0.15) is 6.07 Å². The number of benzene rings is 1. The van der Waals surface area contributed by atoms with Crippen molar-refractivity contribution in [2.45, 2.75) is 32.7 Å². The first kappa shape index (κ1) is 12.5. The molecule has 3 heteroatoms. The summed E-state index contributed by atoms with van der Waals surface area (Å²) >= 11 is 0. The van der Waals surface area contributed by atoms with Crippen LogP contribution in [-0.4, -0.2) is 12.6 Å². The van der Waals surface area contributed by atoms with Gasteiger partial charge in [-0.1, -0.05) is 25.5 Å². The molecule has 0 radical (unpaired) electrons. The third-order valence-corrected chi connectivity index (χ3v) is 2.66. The van der Waals surface area contributed by atoms with E-state index in [2.05, 4.69) is 18.3 Å². The van der Waals surface area contributed by atoms with Gasteiger partial charge in [-0.25, -0.2) is 0 Å². The van der Waals surface area contributed by atoms with Gasteiger partial charge in [-0.05, 0) is 25.0 Å². The van der Waals surface area contributed by atoms with Gasteiger partial charge in [0, 0.05) is 12.6 Å². The number of hydrogen-bond donors (Lipinski definition) is 2. The number of hydrogen-bond acceptors (Lipinski definition) is 3. The van der Waals surface area contributed by atoms with E-state index in [-0.39, 0.29) is 6.04 Å². The molecule has 0 bridgehead atoms. The Labute approximate surface area is 97.3 Å². The zero-order chi connectivity index (χ0) is 12.0. The van der Waals surface area contributed by atoms with Gasteiger partial charge in [0.15, 0.2) is 0 Å². The van der Waals surface area contributed by atoms with E-state index in [1.54, 1.807) is 0 Å². The molecule has 3 nitrogen and oxygen atoms in total. The molecule has 1 unspecified atom stereocenters. The summed E-state index contributed by atoms with van der Waals surface area (Å²) in [4.78, 5) is 0. The molecular weight excluding hydrogens is 198 g/mol. The van der Waals surface area contributed by atoms with Crippen LogP contribution in [0.5, 0.6) is 0 Å². The highest BCUT2D eigenvalue weighted by Crippen LogP contribution is 2.21. The van der Waals surface area contributed by atoms with Gasteiger partial charge in [-0.2, -0.15) is 5.26 Å². The lowest BCUT2D eigenvalue weighted by molar-refractivity contribution is 0.648. The highest BCUT2D eigenvalue weighted by Gasteiger charge is 2.10. The van der Waals surface area contributed by atoms with Crippen LogP contribution in [-0.2, 0) is 0 Å². The van der Waals surface area contributed by atoms with Crippen LogP contribution in [0.1, 0.15) is 30.9 Å². The number of nitrogens with two attached hydrogens (primary N) is 1. The fourth-order valence-electron chi connectivity index (χ4n) is 1.75. The topological polar surface area (TPSA) is 61.8 Å². The largest absolute Gasteiger partial charge is 0.380 e. The van der Waals surface area contributed by atoms with E-state index in [9.17, 15) is 0 Å². The molecule has 1 aromatic carbocycles. The van der Waals surface area contributed by atoms with E-state index in [0.717, 1.165) is 24.1 Å². The molecule has 1 atom stereocenters. The summed E-state index contributed by atoms with van der Waals surface area (Å²) < 4.78 is 0. The van der Waals surface area contributed by atoms with Crippen molar-refractivity contribution >= 4 is 5.69 Å². The Balaban J connectivity index is 2.91. The van der Waals surface area contributed by atoms with E-state index in [4.69, 9.17) is 11.0 Å². The number of nitrogens with zero attached hydrogens (tertiary/aromatic N) is 1. The van der Waals surface area contributed by atoms with Crippen molar-refractivity contribution in [3.05, 3.63) is 29.3 Å². The summed E-state index contributed by atoms with van der Waals surface area (Å²) in [5.74, 6) is 0. The summed E-state index contributed by atoms with van der Waals surface area (Å²) in [6.45, 7) is 4.73. The molecule has 0 fully saturated rings. The maximum absolute atomic E-state index is 9.04. The number of rotatable bonds is 5. The zero-order valence-corrected chi connectivity index (χ0v) is 9.96. The Kier molecular flexibility index (Phi) is 4.81. The minimum absolute atomic E-state index is 0.248. The predicted molar refractivity (Wildman–Crippen MR) is 67.3 cm³/mol. The molecule has 0 aliphatic heterocycles. The summed E-state index contributed by atoms with van der Waals surface area (Å²) in [5.41, 5.74) is 8.41. The van der Waals surface area contributed by atoms with Crippen LogP contribution in [0.4, 0.5) is 5.69 Å². The summed E-state index contributed by atoms with van der Waals surface area (Å²) in [6.07, 6.45) is 2.11. The number of nitrogens with one attached hydrogen (secondary N) is 1. The number of para-hydroxylation sites is 1. The lowest BCUT2D eigenvalue weighted by atomic mass is 10.1. The predicted octanol–water partition coefficient (Wildman–Crippen LogP) is 2.41. The Bertz CT molecular complexity index is 379. The molecular formula is C13H19N3. The zero-order valence-electron chi connectivity index (χ0n) is 9.96. The third kappa shape index (κ3) is 2.98. The van der Waals surface area contributed by atoms with Gasteiger partial charge >= 0.3 is 0 Å². The fraction of sp³-hybridized carbons (Fsp3) is 0.462.